The molecule has 1 aromatic heterocycles. The fourth-order valence-corrected chi connectivity index (χ4v) is 0.553. The van der Waals surface area contributed by atoms with E-state index in [9.17, 15) is 14.9 Å². The van der Waals surface area contributed by atoms with Gasteiger partial charge in [-0.15, -0.1) is 0 Å². The van der Waals surface area contributed by atoms with Gasteiger partial charge < -0.3 is 14.6 Å². The Hall–Kier alpha value is -2.71. The van der Waals surface area contributed by atoms with E-state index in [1.165, 1.54) is 0 Å². The van der Waals surface area contributed by atoms with Gasteiger partial charge in [0.2, 0.25) is 5.76 Å². The number of carboxylic acid groups (broad SMARTS) is 2. The molecule has 0 aliphatic carbocycles. The average molecular weight is 261 g/mol. The van der Waals surface area contributed by atoms with Crippen molar-refractivity contribution in [2.24, 2.45) is 0 Å². The molecule has 0 aromatic carbocycles. The third-order valence-corrected chi connectivity index (χ3v) is 0.977. The van der Waals surface area contributed by atoms with Crippen LogP contribution in [0, 0.1) is 10.1 Å². The summed E-state index contributed by atoms with van der Waals surface area (Å²) in [5.74, 6) is -1.91. The minimum atomic E-state index is -0.833. The Labute approximate surface area is 101 Å². The van der Waals surface area contributed by atoms with Crippen LogP contribution in [0.5, 0.6) is 0 Å². The summed E-state index contributed by atoms with van der Waals surface area (Å²) >= 11 is 0. The van der Waals surface area contributed by atoms with Gasteiger partial charge in [-0.2, -0.15) is 0 Å². The lowest BCUT2D eigenvalue weighted by molar-refractivity contribution is -0.385. The molecule has 0 radical (unpaired) electrons. The van der Waals surface area contributed by atoms with E-state index in [4.69, 9.17) is 19.8 Å². The zero-order valence-electron chi connectivity index (χ0n) is 9.52. The first kappa shape index (κ1) is 17.7. The smallest absolute Gasteiger partial charge is 0.318 e. The van der Waals surface area contributed by atoms with Crippen LogP contribution in [-0.2, 0) is 9.59 Å². The highest BCUT2D eigenvalue weighted by molar-refractivity contribution is 5.76. The highest BCUT2D eigenvalue weighted by atomic mass is 16.6. The van der Waals surface area contributed by atoms with E-state index in [1.807, 2.05) is 0 Å². The molecule has 1 heterocycles. The van der Waals surface area contributed by atoms with Crippen LogP contribution in [0.15, 0.2) is 16.7 Å². The van der Waals surface area contributed by atoms with Crippen LogP contribution < -0.4 is 0 Å². The summed E-state index contributed by atoms with van der Waals surface area (Å²) in [5.41, 5.74) is -0.296. The van der Waals surface area contributed by atoms with Crippen LogP contribution in [0.3, 0.4) is 0 Å². The van der Waals surface area contributed by atoms with Crippen molar-refractivity contribution < 1.29 is 33.9 Å². The van der Waals surface area contributed by atoms with E-state index in [0.717, 1.165) is 26.2 Å². The Morgan fingerprint density at radius 2 is 1.72 bits per heavy atom. The molecule has 2 N–H and O–H groups in total. The molecule has 18 heavy (non-hydrogen) atoms. The summed E-state index contributed by atoms with van der Waals surface area (Å²) in [5, 5.41) is 24.9. The number of rotatable bonds is 2. The molecular formula is C9H11NO8. The summed E-state index contributed by atoms with van der Waals surface area (Å²) in [6.45, 7) is 2.17. The summed E-state index contributed by atoms with van der Waals surface area (Å²) < 4.78 is 4.47. The van der Waals surface area contributed by atoms with E-state index < -0.39 is 16.9 Å². The number of aliphatic carboxylic acids is 2. The number of carbonyl (C=O) groups is 3. The highest BCUT2D eigenvalue weighted by Crippen LogP contribution is 2.16. The van der Waals surface area contributed by atoms with Crippen molar-refractivity contribution in [1.82, 2.24) is 0 Å². The standard InChI is InChI=1S/C5H3NO4.2C2H4O2/c7-3-5-4(6(8)9)1-2-10-5;2*1-2(3)4/h1-3H;2*1H3,(H,3,4). The Kier molecular flexibility index (Phi) is 9.34. The molecule has 0 saturated heterocycles. The van der Waals surface area contributed by atoms with Gasteiger partial charge in [0.05, 0.1) is 17.3 Å². The molecule has 1 rings (SSSR count). The largest absolute Gasteiger partial charge is 0.481 e. The van der Waals surface area contributed by atoms with Gasteiger partial charge in [0, 0.05) is 13.8 Å². The van der Waals surface area contributed by atoms with Crippen LogP contribution in [0.25, 0.3) is 0 Å². The molecule has 9 heteroatoms. The Morgan fingerprint density at radius 1 is 1.33 bits per heavy atom. The molecule has 0 unspecified atom stereocenters. The first-order chi connectivity index (χ1) is 8.22. The predicted octanol–water partition coefficient (Wildman–Crippen LogP) is 1.18. The number of carbonyl (C=O) groups excluding carboxylic acids is 1. The van der Waals surface area contributed by atoms with Crippen LogP contribution in [0.4, 0.5) is 5.69 Å². The zero-order valence-corrected chi connectivity index (χ0v) is 9.52. The van der Waals surface area contributed by atoms with Crippen LogP contribution in [0.1, 0.15) is 24.4 Å². The molecule has 0 spiro atoms. The van der Waals surface area contributed by atoms with Crippen molar-refractivity contribution in [3.05, 3.63) is 28.2 Å². The van der Waals surface area contributed by atoms with Crippen molar-refractivity contribution >= 4 is 23.9 Å². The maximum absolute atomic E-state index is 10.0. The predicted molar refractivity (Wildman–Crippen MR) is 57.4 cm³/mol. The average Bonchev–Trinajstić information content (AvgIpc) is 2.63. The number of hydrogen-bond donors (Lipinski definition) is 2. The summed E-state index contributed by atoms with van der Waals surface area (Å²) in [7, 11) is 0. The van der Waals surface area contributed by atoms with Crippen LogP contribution in [0.2, 0.25) is 0 Å². The lowest BCUT2D eigenvalue weighted by Crippen LogP contribution is -1.88. The molecular weight excluding hydrogens is 250 g/mol. The Balaban J connectivity index is 0. The molecule has 0 fully saturated rings. The molecule has 0 saturated carbocycles. The molecule has 0 atom stereocenters. The van der Waals surface area contributed by atoms with Gasteiger partial charge >= 0.3 is 5.69 Å². The fourth-order valence-electron chi connectivity index (χ4n) is 0.553. The number of aldehydes is 1. The number of hydrogen-bond acceptors (Lipinski definition) is 6. The molecule has 0 aliphatic heterocycles. The van der Waals surface area contributed by atoms with Gasteiger partial charge in [-0.05, 0) is 0 Å². The molecule has 100 valence electrons. The summed E-state index contributed by atoms with van der Waals surface area (Å²) in [6, 6.07) is 1.13. The second-order valence-corrected chi connectivity index (χ2v) is 2.58. The van der Waals surface area contributed by atoms with Gasteiger partial charge in [-0.3, -0.25) is 24.5 Å². The van der Waals surface area contributed by atoms with Gasteiger partial charge in [0.15, 0.2) is 6.29 Å². The summed E-state index contributed by atoms with van der Waals surface area (Å²) in [4.78, 5) is 37.3. The fraction of sp³-hybridized carbons (Fsp3) is 0.222. The topological polar surface area (TPSA) is 148 Å². The molecule has 9 nitrogen and oxygen atoms in total. The molecule has 0 bridgehead atoms. The number of nitro groups is 1. The quantitative estimate of drug-likeness (QED) is 0.458. The maximum Gasteiger partial charge on any atom is 0.318 e. The lowest BCUT2D eigenvalue weighted by atomic mass is 10.4. The SMILES string of the molecule is CC(=O)O.CC(=O)O.O=Cc1occc1[N+](=O)[O-]. The van der Waals surface area contributed by atoms with Gasteiger partial charge in [-0.1, -0.05) is 0 Å². The number of carboxylic acids is 2. The van der Waals surface area contributed by atoms with Crippen LogP contribution in [-0.4, -0.2) is 33.4 Å². The van der Waals surface area contributed by atoms with Crippen molar-refractivity contribution in [1.29, 1.82) is 0 Å². The first-order valence-corrected chi connectivity index (χ1v) is 4.28. The number of furan rings is 1. The highest BCUT2D eigenvalue weighted by Gasteiger charge is 2.15. The maximum atomic E-state index is 10.0. The molecule has 0 aliphatic rings. The zero-order chi connectivity index (χ0) is 14.7. The second-order valence-electron chi connectivity index (χ2n) is 2.58. The first-order valence-electron chi connectivity index (χ1n) is 4.28. The van der Waals surface area contributed by atoms with Crippen molar-refractivity contribution in [2.75, 3.05) is 0 Å². The lowest BCUT2D eigenvalue weighted by Gasteiger charge is -1.81. The molecule has 1 aromatic rings. The second kappa shape index (κ2) is 9.51. The molecule has 0 amide bonds. The monoisotopic (exact) mass is 261 g/mol. The van der Waals surface area contributed by atoms with E-state index >= 15 is 0 Å². The Morgan fingerprint density at radius 3 is 1.94 bits per heavy atom. The third-order valence-electron chi connectivity index (χ3n) is 0.977. The minimum absolute atomic E-state index is 0.245. The van der Waals surface area contributed by atoms with Gasteiger partial charge in [0.1, 0.15) is 0 Å². The van der Waals surface area contributed by atoms with Crippen molar-refractivity contribution in [3.8, 4) is 0 Å². The van der Waals surface area contributed by atoms with Crippen molar-refractivity contribution in [2.45, 2.75) is 13.8 Å². The normalized spacial score (nSPS) is 7.89. The Bertz CT molecular complexity index is 402. The van der Waals surface area contributed by atoms with Gasteiger partial charge in [-0.25, -0.2) is 0 Å². The van der Waals surface area contributed by atoms with E-state index in [2.05, 4.69) is 4.42 Å². The van der Waals surface area contributed by atoms with E-state index in [0.29, 0.717) is 6.29 Å². The third kappa shape index (κ3) is 11.4. The van der Waals surface area contributed by atoms with E-state index in [1.54, 1.807) is 0 Å². The van der Waals surface area contributed by atoms with Crippen LogP contribution >= 0.6 is 0 Å². The van der Waals surface area contributed by atoms with Crippen molar-refractivity contribution in [3.63, 3.8) is 0 Å². The number of nitrogens with zero attached hydrogens (tertiary/aromatic N) is 1. The summed E-state index contributed by atoms with van der Waals surface area (Å²) in [6.07, 6.45) is 1.40. The van der Waals surface area contributed by atoms with E-state index in [-0.39, 0.29) is 11.4 Å². The minimum Gasteiger partial charge on any atom is -0.481 e. The van der Waals surface area contributed by atoms with Gasteiger partial charge in [0.25, 0.3) is 11.9 Å².